The summed E-state index contributed by atoms with van der Waals surface area (Å²) in [5, 5.41) is 20.0. The van der Waals surface area contributed by atoms with Crippen LogP contribution in [0, 0.1) is 0 Å². The largest absolute Gasteiger partial charge is 0.478 e. The number of hydrogen-bond acceptors (Lipinski definition) is 5. The third-order valence-electron chi connectivity index (χ3n) is 3.67. The molecule has 2 aromatic carbocycles. The highest BCUT2D eigenvalue weighted by atomic mass is 16.4. The molecule has 5 N–H and O–H groups in total. The summed E-state index contributed by atoms with van der Waals surface area (Å²) in [5.74, 6) is -1.75. The Labute approximate surface area is 143 Å². The highest BCUT2D eigenvalue weighted by Crippen LogP contribution is 2.25. The minimum absolute atomic E-state index is 0.0610. The number of anilines is 3. The topological polar surface area (TPSA) is 120 Å². The summed E-state index contributed by atoms with van der Waals surface area (Å²) in [5.41, 5.74) is 2.04. The van der Waals surface area contributed by atoms with Crippen molar-refractivity contribution in [3.8, 4) is 0 Å². The predicted molar refractivity (Wildman–Crippen MR) is 93.3 cm³/mol. The maximum absolute atomic E-state index is 12.2. The van der Waals surface area contributed by atoms with E-state index in [0.717, 1.165) is 24.5 Å². The fourth-order valence-electron chi connectivity index (χ4n) is 2.49. The molecular formula is C17H16N4O4. The summed E-state index contributed by atoms with van der Waals surface area (Å²) in [7, 11) is 0. The number of aromatic carboxylic acids is 1. The molecule has 0 atom stereocenters. The zero-order valence-corrected chi connectivity index (χ0v) is 13.1. The van der Waals surface area contributed by atoms with E-state index in [-0.39, 0.29) is 11.3 Å². The third-order valence-corrected chi connectivity index (χ3v) is 3.67. The van der Waals surface area contributed by atoms with Gasteiger partial charge < -0.3 is 21.1 Å². The van der Waals surface area contributed by atoms with Crippen molar-refractivity contribution in [3.63, 3.8) is 0 Å². The van der Waals surface area contributed by atoms with Crippen LogP contribution < -0.4 is 21.3 Å². The fraction of sp³-hybridized carbons (Fsp3) is 0.118. The van der Waals surface area contributed by atoms with Gasteiger partial charge in [0.05, 0.1) is 22.6 Å². The molecule has 128 valence electrons. The molecule has 0 aliphatic carbocycles. The summed E-state index contributed by atoms with van der Waals surface area (Å²) in [4.78, 5) is 35.3. The maximum atomic E-state index is 12.2. The van der Waals surface area contributed by atoms with Crippen molar-refractivity contribution in [2.24, 2.45) is 0 Å². The second-order valence-electron chi connectivity index (χ2n) is 5.37. The summed E-state index contributed by atoms with van der Waals surface area (Å²) in [6.07, 6.45) is 0. The summed E-state index contributed by atoms with van der Waals surface area (Å²) >= 11 is 0. The number of urea groups is 1. The zero-order valence-electron chi connectivity index (χ0n) is 13.1. The van der Waals surface area contributed by atoms with Crippen molar-refractivity contribution in [2.75, 3.05) is 29.0 Å². The average molecular weight is 340 g/mol. The van der Waals surface area contributed by atoms with Crippen LogP contribution in [0.1, 0.15) is 20.7 Å². The molecule has 8 heteroatoms. The average Bonchev–Trinajstić information content (AvgIpc) is 2.61. The molecule has 0 saturated carbocycles. The quantitative estimate of drug-likeness (QED) is 0.584. The number of para-hydroxylation sites is 1. The van der Waals surface area contributed by atoms with Gasteiger partial charge in [-0.15, -0.1) is 0 Å². The Kier molecular flexibility index (Phi) is 4.51. The molecule has 1 aliphatic rings. The van der Waals surface area contributed by atoms with Crippen LogP contribution in [0.25, 0.3) is 0 Å². The third kappa shape index (κ3) is 3.69. The molecule has 0 unspecified atom stereocenters. The molecule has 0 radical (unpaired) electrons. The number of imide groups is 1. The SMILES string of the molecule is O=C(NC(=O)c1ccc2c(c1)NCCN2)Nc1ccccc1C(=O)O. The number of carbonyl (C=O) groups excluding carboxylic acids is 2. The van der Waals surface area contributed by atoms with Crippen LogP contribution in [0.2, 0.25) is 0 Å². The second kappa shape index (κ2) is 6.91. The van der Waals surface area contributed by atoms with Crippen molar-refractivity contribution in [1.29, 1.82) is 0 Å². The lowest BCUT2D eigenvalue weighted by Gasteiger charge is -2.20. The van der Waals surface area contributed by atoms with E-state index in [0.29, 0.717) is 5.56 Å². The van der Waals surface area contributed by atoms with Gasteiger partial charge in [0, 0.05) is 18.7 Å². The summed E-state index contributed by atoms with van der Waals surface area (Å²) in [6.45, 7) is 1.54. The van der Waals surface area contributed by atoms with Gasteiger partial charge in [0.2, 0.25) is 0 Å². The molecule has 0 aromatic heterocycles. The van der Waals surface area contributed by atoms with Crippen LogP contribution in [-0.2, 0) is 0 Å². The number of carbonyl (C=O) groups is 3. The molecule has 2 aromatic rings. The highest BCUT2D eigenvalue weighted by Gasteiger charge is 2.16. The smallest absolute Gasteiger partial charge is 0.337 e. The fourth-order valence-corrected chi connectivity index (χ4v) is 2.49. The highest BCUT2D eigenvalue weighted by molar-refractivity contribution is 6.10. The van der Waals surface area contributed by atoms with Crippen LogP contribution >= 0.6 is 0 Å². The normalized spacial score (nSPS) is 12.2. The van der Waals surface area contributed by atoms with E-state index in [1.54, 1.807) is 30.3 Å². The van der Waals surface area contributed by atoms with Crippen molar-refractivity contribution in [1.82, 2.24) is 5.32 Å². The maximum Gasteiger partial charge on any atom is 0.337 e. The molecule has 3 rings (SSSR count). The van der Waals surface area contributed by atoms with Gasteiger partial charge in [0.1, 0.15) is 0 Å². The first-order valence-electron chi connectivity index (χ1n) is 7.61. The number of carboxylic acids is 1. The number of amides is 3. The number of nitrogens with one attached hydrogen (secondary N) is 4. The standard InChI is InChI=1S/C17H16N4O4/c22-15(10-5-6-13-14(9-10)19-8-7-18-13)21-17(25)20-12-4-2-1-3-11(12)16(23)24/h1-6,9,18-19H,7-8H2,(H,23,24)(H2,20,21,22,25). The minimum Gasteiger partial charge on any atom is -0.478 e. The molecule has 8 nitrogen and oxygen atoms in total. The number of hydrogen-bond donors (Lipinski definition) is 5. The predicted octanol–water partition coefficient (Wildman–Crippen LogP) is 2.18. The molecule has 0 saturated heterocycles. The van der Waals surface area contributed by atoms with Crippen LogP contribution in [0.3, 0.4) is 0 Å². The van der Waals surface area contributed by atoms with Gasteiger partial charge in [-0.2, -0.15) is 0 Å². The van der Waals surface area contributed by atoms with E-state index in [4.69, 9.17) is 5.11 Å². The Hall–Kier alpha value is -3.55. The molecule has 0 bridgehead atoms. The lowest BCUT2D eigenvalue weighted by Crippen LogP contribution is -2.35. The molecule has 1 aliphatic heterocycles. The Morgan fingerprint density at radius 3 is 2.44 bits per heavy atom. The van der Waals surface area contributed by atoms with E-state index in [2.05, 4.69) is 21.3 Å². The number of rotatable bonds is 3. The van der Waals surface area contributed by atoms with E-state index >= 15 is 0 Å². The van der Waals surface area contributed by atoms with Gasteiger partial charge in [-0.3, -0.25) is 10.1 Å². The van der Waals surface area contributed by atoms with Crippen LogP contribution in [-0.4, -0.2) is 36.1 Å². The Balaban J connectivity index is 1.69. The number of carboxylic acid groups (broad SMARTS) is 1. The lowest BCUT2D eigenvalue weighted by atomic mass is 10.1. The molecule has 0 fully saturated rings. The second-order valence-corrected chi connectivity index (χ2v) is 5.37. The zero-order chi connectivity index (χ0) is 17.8. The van der Waals surface area contributed by atoms with Crippen LogP contribution in [0.5, 0.6) is 0 Å². The minimum atomic E-state index is -1.17. The lowest BCUT2D eigenvalue weighted by molar-refractivity contribution is 0.0698. The first kappa shape index (κ1) is 16.3. The molecule has 25 heavy (non-hydrogen) atoms. The van der Waals surface area contributed by atoms with Gasteiger partial charge in [-0.05, 0) is 30.3 Å². The summed E-state index contributed by atoms with van der Waals surface area (Å²) < 4.78 is 0. The first-order chi connectivity index (χ1) is 12.0. The van der Waals surface area contributed by atoms with Gasteiger partial charge in [0.25, 0.3) is 5.91 Å². The Morgan fingerprint density at radius 2 is 1.68 bits per heavy atom. The van der Waals surface area contributed by atoms with Gasteiger partial charge in [-0.25, -0.2) is 9.59 Å². The van der Waals surface area contributed by atoms with Gasteiger partial charge in [-0.1, -0.05) is 12.1 Å². The number of benzene rings is 2. The van der Waals surface area contributed by atoms with Gasteiger partial charge in [0.15, 0.2) is 0 Å². The van der Waals surface area contributed by atoms with E-state index in [1.807, 2.05) is 0 Å². The van der Waals surface area contributed by atoms with Crippen molar-refractivity contribution >= 4 is 35.0 Å². The summed E-state index contributed by atoms with van der Waals surface area (Å²) in [6, 6.07) is 10.2. The molecular weight excluding hydrogens is 324 g/mol. The van der Waals surface area contributed by atoms with Gasteiger partial charge >= 0.3 is 12.0 Å². The monoisotopic (exact) mass is 340 g/mol. The van der Waals surface area contributed by atoms with Crippen molar-refractivity contribution in [3.05, 3.63) is 53.6 Å². The van der Waals surface area contributed by atoms with E-state index in [9.17, 15) is 14.4 Å². The first-order valence-corrected chi connectivity index (χ1v) is 7.61. The molecule has 3 amide bonds. The van der Waals surface area contributed by atoms with E-state index in [1.165, 1.54) is 12.1 Å². The van der Waals surface area contributed by atoms with Crippen molar-refractivity contribution < 1.29 is 19.5 Å². The van der Waals surface area contributed by atoms with Crippen LogP contribution in [0.15, 0.2) is 42.5 Å². The Bertz CT molecular complexity index is 850. The van der Waals surface area contributed by atoms with Crippen LogP contribution in [0.4, 0.5) is 21.9 Å². The number of fused-ring (bicyclic) bond motifs is 1. The molecule has 0 spiro atoms. The Morgan fingerprint density at radius 1 is 0.960 bits per heavy atom. The van der Waals surface area contributed by atoms with Crippen molar-refractivity contribution in [2.45, 2.75) is 0 Å². The van der Waals surface area contributed by atoms with E-state index < -0.39 is 17.9 Å². The molecule has 1 heterocycles.